The lowest BCUT2D eigenvalue weighted by Gasteiger charge is -2.38. The van der Waals surface area contributed by atoms with E-state index in [-0.39, 0.29) is 0 Å². The van der Waals surface area contributed by atoms with Gasteiger partial charge in [-0.15, -0.1) is 0 Å². The molecule has 0 bridgehead atoms. The van der Waals surface area contributed by atoms with E-state index in [0.29, 0.717) is 0 Å². The number of hydrogen-bond acceptors (Lipinski definition) is 4. The number of hydrogen-bond donors (Lipinski definition) is 1. The molecule has 2 fully saturated rings. The summed E-state index contributed by atoms with van der Waals surface area (Å²) in [6.45, 7) is 5.59. The molecule has 2 aliphatic rings. The molecular weight excluding hydrogens is 298 g/mol. The first-order chi connectivity index (χ1) is 11.8. The van der Waals surface area contributed by atoms with Crippen LogP contribution in [0.2, 0.25) is 0 Å². The molecule has 2 aromatic rings. The van der Waals surface area contributed by atoms with Crippen LogP contribution in [0.4, 0.5) is 5.69 Å². The summed E-state index contributed by atoms with van der Waals surface area (Å²) in [7, 11) is 0. The van der Waals surface area contributed by atoms with Gasteiger partial charge in [0.25, 0.3) is 0 Å². The van der Waals surface area contributed by atoms with Gasteiger partial charge in [-0.2, -0.15) is 0 Å². The highest BCUT2D eigenvalue weighted by Crippen LogP contribution is 2.28. The normalized spacial score (nSPS) is 23.0. The van der Waals surface area contributed by atoms with Crippen molar-refractivity contribution in [1.29, 1.82) is 0 Å². The smallest absolute Gasteiger partial charge is 0.133 e. The molecule has 0 amide bonds. The van der Waals surface area contributed by atoms with Gasteiger partial charge in [0.05, 0.1) is 6.26 Å². The Balaban J connectivity index is 1.34. The average molecular weight is 325 g/mol. The first kappa shape index (κ1) is 15.7. The lowest BCUT2D eigenvalue weighted by atomic mass is 10.0. The fourth-order valence-corrected chi connectivity index (χ4v) is 4.16. The van der Waals surface area contributed by atoms with E-state index in [2.05, 4.69) is 34.1 Å². The van der Waals surface area contributed by atoms with Crippen LogP contribution in [-0.2, 0) is 0 Å². The molecule has 1 aromatic heterocycles. The molecule has 0 spiro atoms. The molecule has 0 radical (unpaired) electrons. The summed E-state index contributed by atoms with van der Waals surface area (Å²) < 4.78 is 5.47. The van der Waals surface area contributed by atoms with Gasteiger partial charge in [0.15, 0.2) is 0 Å². The van der Waals surface area contributed by atoms with Gasteiger partial charge in [0.1, 0.15) is 5.76 Å². The Morgan fingerprint density at radius 2 is 1.79 bits per heavy atom. The zero-order valence-corrected chi connectivity index (χ0v) is 14.2. The molecule has 128 valence electrons. The van der Waals surface area contributed by atoms with Crippen molar-refractivity contribution in [1.82, 2.24) is 4.90 Å². The predicted octanol–water partition coefficient (Wildman–Crippen LogP) is 3.20. The molecule has 1 aromatic carbocycles. The van der Waals surface area contributed by atoms with Crippen molar-refractivity contribution < 1.29 is 4.42 Å². The third-order valence-electron chi connectivity index (χ3n) is 5.67. The van der Waals surface area contributed by atoms with Crippen LogP contribution in [0.25, 0.3) is 11.3 Å². The van der Waals surface area contributed by atoms with Crippen LogP contribution in [0.3, 0.4) is 0 Å². The third kappa shape index (κ3) is 3.21. The molecule has 2 saturated heterocycles. The largest absolute Gasteiger partial charge is 0.464 e. The van der Waals surface area contributed by atoms with Crippen molar-refractivity contribution in [3.8, 4) is 11.3 Å². The van der Waals surface area contributed by atoms with Gasteiger partial charge in [-0.25, -0.2) is 0 Å². The van der Waals surface area contributed by atoms with E-state index in [0.717, 1.165) is 42.9 Å². The van der Waals surface area contributed by atoms with Gasteiger partial charge in [0, 0.05) is 36.9 Å². The van der Waals surface area contributed by atoms with E-state index in [4.69, 9.17) is 10.2 Å². The predicted molar refractivity (Wildman–Crippen MR) is 98.1 cm³/mol. The van der Waals surface area contributed by atoms with Crippen LogP contribution in [0.5, 0.6) is 0 Å². The topological polar surface area (TPSA) is 45.6 Å². The van der Waals surface area contributed by atoms with Crippen LogP contribution < -0.4 is 10.6 Å². The Morgan fingerprint density at radius 3 is 2.42 bits per heavy atom. The Morgan fingerprint density at radius 1 is 1.00 bits per heavy atom. The van der Waals surface area contributed by atoms with Crippen molar-refractivity contribution in [3.63, 3.8) is 0 Å². The van der Waals surface area contributed by atoms with Gasteiger partial charge in [-0.05, 0) is 74.7 Å². The average Bonchev–Trinajstić information content (AvgIpc) is 3.34. The minimum atomic E-state index is 0.720. The Kier molecular flexibility index (Phi) is 4.58. The molecule has 4 nitrogen and oxygen atoms in total. The van der Waals surface area contributed by atoms with Gasteiger partial charge < -0.3 is 15.1 Å². The molecule has 2 N–H and O–H groups in total. The molecular formula is C20H27N3O. The summed E-state index contributed by atoms with van der Waals surface area (Å²) in [6.07, 6.45) is 5.53. The molecule has 2 aliphatic heterocycles. The van der Waals surface area contributed by atoms with Crippen LogP contribution in [0.1, 0.15) is 19.3 Å². The number of nitrogens with two attached hydrogens (primary N) is 1. The van der Waals surface area contributed by atoms with Gasteiger partial charge in [0.2, 0.25) is 0 Å². The fourth-order valence-electron chi connectivity index (χ4n) is 4.16. The maximum absolute atomic E-state index is 5.83. The van der Waals surface area contributed by atoms with Crippen LogP contribution in [0.15, 0.2) is 47.1 Å². The Bertz CT molecular complexity index is 629. The zero-order valence-electron chi connectivity index (χ0n) is 14.2. The minimum Gasteiger partial charge on any atom is -0.464 e. The van der Waals surface area contributed by atoms with Crippen molar-refractivity contribution >= 4 is 5.69 Å². The van der Waals surface area contributed by atoms with E-state index in [1.54, 1.807) is 6.26 Å². The quantitative estimate of drug-likeness (QED) is 0.938. The maximum atomic E-state index is 5.83. The third-order valence-corrected chi connectivity index (χ3v) is 5.67. The molecule has 1 atom stereocenters. The molecule has 4 rings (SSSR count). The highest BCUT2D eigenvalue weighted by atomic mass is 16.3. The lowest BCUT2D eigenvalue weighted by Crippen LogP contribution is -2.44. The van der Waals surface area contributed by atoms with Crippen molar-refractivity contribution in [3.05, 3.63) is 42.7 Å². The number of benzene rings is 1. The van der Waals surface area contributed by atoms with Gasteiger partial charge in [-0.3, -0.25) is 4.90 Å². The summed E-state index contributed by atoms with van der Waals surface area (Å²) in [5, 5.41) is 0. The first-order valence-corrected chi connectivity index (χ1v) is 9.16. The van der Waals surface area contributed by atoms with E-state index in [1.165, 1.54) is 38.0 Å². The highest BCUT2D eigenvalue weighted by molar-refractivity contribution is 5.61. The highest BCUT2D eigenvalue weighted by Gasteiger charge is 2.30. The Hall–Kier alpha value is -1.78. The van der Waals surface area contributed by atoms with E-state index >= 15 is 0 Å². The second-order valence-electron chi connectivity index (χ2n) is 7.13. The second-order valence-corrected chi connectivity index (χ2v) is 7.13. The summed E-state index contributed by atoms with van der Waals surface area (Å²) >= 11 is 0. The summed E-state index contributed by atoms with van der Waals surface area (Å²) in [5.74, 6) is 1.65. The molecule has 0 aliphatic carbocycles. The van der Waals surface area contributed by atoms with E-state index in [1.807, 2.05) is 12.1 Å². The lowest BCUT2D eigenvalue weighted by molar-refractivity contribution is 0.201. The van der Waals surface area contributed by atoms with Crippen molar-refractivity contribution in [2.24, 2.45) is 11.7 Å². The van der Waals surface area contributed by atoms with Crippen LogP contribution in [-0.4, -0.2) is 43.7 Å². The van der Waals surface area contributed by atoms with Gasteiger partial charge in [-0.1, -0.05) is 0 Å². The Labute approximate surface area is 144 Å². The van der Waals surface area contributed by atoms with Crippen molar-refractivity contribution in [2.75, 3.05) is 37.6 Å². The van der Waals surface area contributed by atoms with Crippen molar-refractivity contribution in [2.45, 2.75) is 25.3 Å². The fraction of sp³-hybridized carbons (Fsp3) is 0.500. The number of nitrogens with zero attached hydrogens (tertiary/aromatic N) is 2. The van der Waals surface area contributed by atoms with E-state index < -0.39 is 0 Å². The first-order valence-electron chi connectivity index (χ1n) is 9.16. The van der Waals surface area contributed by atoms with E-state index in [9.17, 15) is 0 Å². The number of rotatable bonds is 4. The summed E-state index contributed by atoms with van der Waals surface area (Å²) in [6, 6.07) is 13.4. The maximum Gasteiger partial charge on any atom is 0.133 e. The second kappa shape index (κ2) is 6.99. The molecule has 0 unspecified atom stereocenters. The monoisotopic (exact) mass is 325 g/mol. The minimum absolute atomic E-state index is 0.720. The van der Waals surface area contributed by atoms with Crippen LogP contribution >= 0.6 is 0 Å². The summed E-state index contributed by atoms with van der Waals surface area (Å²) in [5.41, 5.74) is 8.30. The molecule has 4 heteroatoms. The number of furan rings is 1. The summed E-state index contributed by atoms with van der Waals surface area (Å²) in [4.78, 5) is 5.19. The number of anilines is 1. The number of likely N-dealkylation sites (tertiary alicyclic amines) is 1. The zero-order chi connectivity index (χ0) is 16.4. The van der Waals surface area contributed by atoms with Crippen LogP contribution in [0, 0.1) is 5.92 Å². The number of piperidine rings is 1. The molecule has 24 heavy (non-hydrogen) atoms. The standard InChI is InChI=1S/C20H27N3O/c21-14-16-7-10-23(15-16)19-8-11-22(12-9-19)18-5-3-17(4-6-18)20-2-1-13-24-20/h1-6,13,16,19H,7-12,14-15,21H2/t16-/m1/s1. The molecule has 0 saturated carbocycles. The SMILES string of the molecule is NC[C@H]1CCN(C2CCN(c3ccc(-c4ccco4)cc3)CC2)C1. The van der Waals surface area contributed by atoms with Gasteiger partial charge >= 0.3 is 0 Å². The molecule has 3 heterocycles.